The van der Waals surface area contributed by atoms with Gasteiger partial charge in [-0.25, -0.2) is 8.42 Å². The first kappa shape index (κ1) is 14.7. The van der Waals surface area contributed by atoms with Crippen LogP contribution in [0.4, 0.5) is 0 Å². The van der Waals surface area contributed by atoms with E-state index < -0.39 is 15.8 Å². The predicted octanol–water partition coefficient (Wildman–Crippen LogP) is 1.90. The van der Waals surface area contributed by atoms with Gasteiger partial charge in [-0.3, -0.25) is 4.79 Å². The lowest BCUT2D eigenvalue weighted by Gasteiger charge is -2.03. The van der Waals surface area contributed by atoms with Gasteiger partial charge in [0.1, 0.15) is 9.84 Å². The number of aliphatic carboxylic acids is 1. The molecule has 1 N–H and O–H groups in total. The predicted molar refractivity (Wildman–Crippen MR) is 70.3 cm³/mol. The van der Waals surface area contributed by atoms with Crippen molar-refractivity contribution in [3.05, 3.63) is 35.9 Å². The van der Waals surface area contributed by atoms with E-state index in [2.05, 4.69) is 0 Å². The van der Waals surface area contributed by atoms with Crippen molar-refractivity contribution in [2.45, 2.75) is 25.7 Å². The molecular formula is C13H18O4S. The van der Waals surface area contributed by atoms with E-state index in [-0.39, 0.29) is 24.3 Å². The summed E-state index contributed by atoms with van der Waals surface area (Å²) in [6, 6.07) is 9.72. The van der Waals surface area contributed by atoms with Crippen LogP contribution < -0.4 is 0 Å². The molecule has 0 bridgehead atoms. The highest BCUT2D eigenvalue weighted by Crippen LogP contribution is 2.06. The molecule has 0 atom stereocenters. The molecule has 5 heteroatoms. The van der Waals surface area contributed by atoms with Crippen molar-refractivity contribution in [2.75, 3.05) is 11.5 Å². The molecule has 100 valence electrons. The molecule has 0 amide bonds. The molecule has 0 saturated carbocycles. The fourth-order valence-electron chi connectivity index (χ4n) is 1.69. The summed E-state index contributed by atoms with van der Waals surface area (Å²) in [4.78, 5) is 10.3. The molecule has 0 spiro atoms. The standard InChI is InChI=1S/C13H18O4S/c14-13(15)9-5-11-18(16,17)10-4-8-12-6-2-1-3-7-12/h1-3,6-7H,4-5,8-11H2,(H,14,15). The van der Waals surface area contributed by atoms with E-state index in [4.69, 9.17) is 5.11 Å². The van der Waals surface area contributed by atoms with Gasteiger partial charge < -0.3 is 5.11 Å². The second kappa shape index (κ2) is 7.16. The number of sulfone groups is 1. The molecule has 0 saturated heterocycles. The van der Waals surface area contributed by atoms with Crippen molar-refractivity contribution >= 4 is 15.8 Å². The smallest absolute Gasteiger partial charge is 0.303 e. The van der Waals surface area contributed by atoms with Gasteiger partial charge >= 0.3 is 5.97 Å². The minimum absolute atomic E-state index is 0.0336. The number of carbonyl (C=O) groups is 1. The van der Waals surface area contributed by atoms with E-state index in [9.17, 15) is 13.2 Å². The van der Waals surface area contributed by atoms with Crippen molar-refractivity contribution in [3.63, 3.8) is 0 Å². The van der Waals surface area contributed by atoms with Crippen molar-refractivity contribution in [1.29, 1.82) is 0 Å². The highest BCUT2D eigenvalue weighted by atomic mass is 32.2. The maximum atomic E-state index is 11.6. The second-order valence-electron chi connectivity index (χ2n) is 4.24. The third kappa shape index (κ3) is 6.39. The van der Waals surface area contributed by atoms with Crippen molar-refractivity contribution in [3.8, 4) is 0 Å². The molecule has 0 unspecified atom stereocenters. The van der Waals surface area contributed by atoms with Gasteiger partial charge in [-0.2, -0.15) is 0 Å². The van der Waals surface area contributed by atoms with Gasteiger partial charge in [-0.1, -0.05) is 30.3 Å². The fourth-order valence-corrected chi connectivity index (χ4v) is 3.06. The van der Waals surface area contributed by atoms with Crippen LogP contribution in [0.15, 0.2) is 30.3 Å². The SMILES string of the molecule is O=C(O)CCCS(=O)(=O)CCCc1ccccc1. The Morgan fingerprint density at radius 1 is 1.06 bits per heavy atom. The molecular weight excluding hydrogens is 252 g/mol. The maximum absolute atomic E-state index is 11.6. The molecule has 0 heterocycles. The number of rotatable bonds is 8. The van der Waals surface area contributed by atoms with E-state index in [1.807, 2.05) is 30.3 Å². The number of carboxylic acids is 1. The average molecular weight is 270 g/mol. The van der Waals surface area contributed by atoms with Crippen LogP contribution in [0.25, 0.3) is 0 Å². The molecule has 1 rings (SSSR count). The van der Waals surface area contributed by atoms with Crippen molar-refractivity contribution in [2.24, 2.45) is 0 Å². The first-order valence-electron chi connectivity index (χ1n) is 5.96. The van der Waals surface area contributed by atoms with E-state index in [0.717, 1.165) is 12.0 Å². The monoisotopic (exact) mass is 270 g/mol. The summed E-state index contributed by atoms with van der Waals surface area (Å²) in [7, 11) is -3.11. The summed E-state index contributed by atoms with van der Waals surface area (Å²) < 4.78 is 23.2. The topological polar surface area (TPSA) is 71.4 Å². The minimum Gasteiger partial charge on any atom is -0.481 e. The van der Waals surface area contributed by atoms with E-state index in [1.165, 1.54) is 0 Å². The van der Waals surface area contributed by atoms with E-state index >= 15 is 0 Å². The number of hydrogen-bond donors (Lipinski definition) is 1. The Hall–Kier alpha value is -1.36. The van der Waals surface area contributed by atoms with Crippen LogP contribution in [0.3, 0.4) is 0 Å². The average Bonchev–Trinajstić information content (AvgIpc) is 2.29. The van der Waals surface area contributed by atoms with Crippen LogP contribution in [0.5, 0.6) is 0 Å². The lowest BCUT2D eigenvalue weighted by atomic mass is 10.1. The number of carboxylic acid groups (broad SMARTS) is 1. The quantitative estimate of drug-likeness (QED) is 0.783. The fraction of sp³-hybridized carbons (Fsp3) is 0.462. The van der Waals surface area contributed by atoms with Gasteiger partial charge in [-0.15, -0.1) is 0 Å². The molecule has 1 aromatic rings. The van der Waals surface area contributed by atoms with Crippen LogP contribution in [-0.2, 0) is 21.1 Å². The molecule has 1 aromatic carbocycles. The van der Waals surface area contributed by atoms with E-state index in [1.54, 1.807) is 0 Å². The summed E-state index contributed by atoms with van der Waals surface area (Å²) in [5.41, 5.74) is 1.12. The Morgan fingerprint density at radius 3 is 2.28 bits per heavy atom. The first-order valence-corrected chi connectivity index (χ1v) is 7.78. The van der Waals surface area contributed by atoms with Crippen LogP contribution in [0.1, 0.15) is 24.8 Å². The highest BCUT2D eigenvalue weighted by Gasteiger charge is 2.11. The minimum atomic E-state index is -3.11. The number of aryl methyl sites for hydroxylation is 1. The molecule has 0 fully saturated rings. The van der Waals surface area contributed by atoms with Gasteiger partial charge in [0.15, 0.2) is 0 Å². The van der Waals surface area contributed by atoms with Gasteiger partial charge in [0.05, 0.1) is 11.5 Å². The third-order valence-electron chi connectivity index (χ3n) is 2.61. The molecule has 0 radical (unpaired) electrons. The van der Waals surface area contributed by atoms with Crippen molar-refractivity contribution in [1.82, 2.24) is 0 Å². The molecule has 0 aliphatic carbocycles. The van der Waals surface area contributed by atoms with Crippen molar-refractivity contribution < 1.29 is 18.3 Å². The highest BCUT2D eigenvalue weighted by molar-refractivity contribution is 7.91. The zero-order chi connectivity index (χ0) is 13.4. The van der Waals surface area contributed by atoms with Crippen LogP contribution >= 0.6 is 0 Å². The summed E-state index contributed by atoms with van der Waals surface area (Å²) in [6.07, 6.45) is 1.43. The molecule has 18 heavy (non-hydrogen) atoms. The van der Waals surface area contributed by atoms with Crippen LogP contribution in [0.2, 0.25) is 0 Å². The lowest BCUT2D eigenvalue weighted by Crippen LogP contribution is -2.13. The molecule has 0 aromatic heterocycles. The summed E-state index contributed by atoms with van der Waals surface area (Å²) in [5.74, 6) is -0.857. The normalized spacial score (nSPS) is 11.3. The molecule has 0 aliphatic rings. The molecule has 4 nitrogen and oxygen atoms in total. The Kier molecular flexibility index (Phi) is 5.85. The summed E-state index contributed by atoms with van der Waals surface area (Å²) in [5, 5.41) is 8.44. The van der Waals surface area contributed by atoms with Crippen LogP contribution in [0, 0.1) is 0 Å². The van der Waals surface area contributed by atoms with Gasteiger partial charge in [0.25, 0.3) is 0 Å². The van der Waals surface area contributed by atoms with Crippen LogP contribution in [-0.4, -0.2) is 31.0 Å². The number of hydrogen-bond acceptors (Lipinski definition) is 3. The van der Waals surface area contributed by atoms with E-state index in [0.29, 0.717) is 6.42 Å². The maximum Gasteiger partial charge on any atom is 0.303 e. The molecule has 0 aliphatic heterocycles. The number of benzene rings is 1. The second-order valence-corrected chi connectivity index (χ2v) is 6.54. The zero-order valence-electron chi connectivity index (χ0n) is 10.2. The Balaban J connectivity index is 2.27. The lowest BCUT2D eigenvalue weighted by molar-refractivity contribution is -0.137. The van der Waals surface area contributed by atoms with Gasteiger partial charge in [0.2, 0.25) is 0 Å². The summed E-state index contributed by atoms with van der Waals surface area (Å²) >= 11 is 0. The first-order chi connectivity index (χ1) is 8.49. The summed E-state index contributed by atoms with van der Waals surface area (Å²) in [6.45, 7) is 0. The Labute approximate surface area is 108 Å². The van der Waals surface area contributed by atoms with Gasteiger partial charge in [-0.05, 0) is 24.8 Å². The zero-order valence-corrected chi connectivity index (χ0v) is 11.0. The third-order valence-corrected chi connectivity index (χ3v) is 4.43. The largest absolute Gasteiger partial charge is 0.481 e. The Bertz CT molecular complexity index is 465. The Morgan fingerprint density at radius 2 is 1.67 bits per heavy atom. The van der Waals surface area contributed by atoms with Gasteiger partial charge in [0, 0.05) is 6.42 Å².